The SMILES string of the molecule is O=C([O-])C1CCC(c2cncc(OCC3CCCCC3)c2)C1.[Li+]. The molecule has 0 aromatic carbocycles. The molecule has 2 aliphatic rings. The number of carbonyl (C=O) groups excluding carboxylic acids is 1. The molecule has 2 aliphatic carbocycles. The summed E-state index contributed by atoms with van der Waals surface area (Å²) in [5.74, 6) is 0.539. The number of hydrogen-bond donors (Lipinski definition) is 0. The molecule has 0 bridgehead atoms. The Morgan fingerprint density at radius 1 is 1.17 bits per heavy atom. The molecule has 120 valence electrons. The Balaban J connectivity index is 0.00000192. The van der Waals surface area contributed by atoms with Crippen molar-refractivity contribution in [1.82, 2.24) is 4.98 Å². The number of aromatic nitrogens is 1. The molecule has 1 aromatic rings. The minimum Gasteiger partial charge on any atom is -0.550 e. The van der Waals surface area contributed by atoms with Crippen LogP contribution in [0.5, 0.6) is 5.75 Å². The Labute approximate surface area is 150 Å². The molecule has 5 heteroatoms. The first-order valence-corrected chi connectivity index (χ1v) is 8.51. The van der Waals surface area contributed by atoms with E-state index in [1.165, 1.54) is 32.1 Å². The van der Waals surface area contributed by atoms with E-state index in [1.807, 2.05) is 12.3 Å². The third-order valence-electron chi connectivity index (χ3n) is 5.18. The molecule has 0 N–H and O–H groups in total. The van der Waals surface area contributed by atoms with Gasteiger partial charge in [0.25, 0.3) is 0 Å². The standard InChI is InChI=1S/C18H25NO3.Li/c20-18(21)15-7-6-14(8-15)16-9-17(11-19-10-16)22-12-13-4-2-1-3-5-13;/h9-11,13-15H,1-8,12H2,(H,20,21);/q;+1/p-1. The molecule has 0 amide bonds. The van der Waals surface area contributed by atoms with E-state index in [0.29, 0.717) is 18.8 Å². The van der Waals surface area contributed by atoms with Crippen LogP contribution in [0.3, 0.4) is 0 Å². The van der Waals surface area contributed by atoms with Gasteiger partial charge in [0.05, 0.1) is 12.8 Å². The smallest absolute Gasteiger partial charge is 0.550 e. The van der Waals surface area contributed by atoms with Crippen molar-refractivity contribution in [3.05, 3.63) is 24.0 Å². The van der Waals surface area contributed by atoms with E-state index in [2.05, 4.69) is 4.98 Å². The average Bonchev–Trinajstić information content (AvgIpc) is 3.05. The molecule has 0 saturated heterocycles. The number of rotatable bonds is 5. The van der Waals surface area contributed by atoms with E-state index in [4.69, 9.17) is 4.74 Å². The Bertz CT molecular complexity index is 517. The summed E-state index contributed by atoms with van der Waals surface area (Å²) in [7, 11) is 0. The summed E-state index contributed by atoms with van der Waals surface area (Å²) in [6.07, 6.45) is 12.4. The maximum absolute atomic E-state index is 11.0. The van der Waals surface area contributed by atoms with Crippen LogP contribution >= 0.6 is 0 Å². The van der Waals surface area contributed by atoms with Crippen LogP contribution < -0.4 is 28.7 Å². The van der Waals surface area contributed by atoms with Crippen molar-refractivity contribution in [2.45, 2.75) is 57.3 Å². The maximum Gasteiger partial charge on any atom is 1.00 e. The van der Waals surface area contributed by atoms with Crippen LogP contribution in [0.4, 0.5) is 0 Å². The van der Waals surface area contributed by atoms with E-state index in [9.17, 15) is 9.90 Å². The number of hydrogen-bond acceptors (Lipinski definition) is 4. The van der Waals surface area contributed by atoms with Gasteiger partial charge in [0.1, 0.15) is 5.75 Å². The van der Waals surface area contributed by atoms with Gasteiger partial charge in [0, 0.05) is 12.2 Å². The summed E-state index contributed by atoms with van der Waals surface area (Å²) >= 11 is 0. The molecule has 1 heterocycles. The second kappa shape index (κ2) is 8.75. The Morgan fingerprint density at radius 2 is 1.96 bits per heavy atom. The molecular weight excluding hydrogens is 285 g/mol. The molecule has 2 saturated carbocycles. The fraction of sp³-hybridized carbons (Fsp3) is 0.667. The van der Waals surface area contributed by atoms with Crippen LogP contribution in [0.25, 0.3) is 0 Å². The Morgan fingerprint density at radius 3 is 2.65 bits per heavy atom. The molecule has 2 unspecified atom stereocenters. The van der Waals surface area contributed by atoms with Gasteiger partial charge in [-0.25, -0.2) is 0 Å². The fourth-order valence-corrected chi connectivity index (χ4v) is 3.80. The van der Waals surface area contributed by atoms with Gasteiger partial charge in [-0.05, 0) is 61.5 Å². The van der Waals surface area contributed by atoms with Gasteiger partial charge in [-0.15, -0.1) is 0 Å². The zero-order valence-electron chi connectivity index (χ0n) is 14.0. The van der Waals surface area contributed by atoms with Crippen molar-refractivity contribution in [2.75, 3.05) is 6.61 Å². The summed E-state index contributed by atoms with van der Waals surface area (Å²) in [5.41, 5.74) is 1.10. The fourth-order valence-electron chi connectivity index (χ4n) is 3.80. The molecule has 3 rings (SSSR count). The van der Waals surface area contributed by atoms with Gasteiger partial charge in [-0.3, -0.25) is 4.98 Å². The number of carboxylic acid groups (broad SMARTS) is 1. The van der Waals surface area contributed by atoms with Crippen LogP contribution in [0.15, 0.2) is 18.5 Å². The van der Waals surface area contributed by atoms with E-state index >= 15 is 0 Å². The van der Waals surface area contributed by atoms with E-state index in [-0.39, 0.29) is 30.7 Å². The summed E-state index contributed by atoms with van der Waals surface area (Å²) in [4.78, 5) is 15.2. The van der Waals surface area contributed by atoms with Crippen molar-refractivity contribution in [3.63, 3.8) is 0 Å². The Hall–Kier alpha value is -0.983. The topological polar surface area (TPSA) is 62.2 Å². The molecule has 1 aromatic heterocycles. The van der Waals surface area contributed by atoms with Crippen LogP contribution in [-0.4, -0.2) is 17.6 Å². The molecule has 23 heavy (non-hydrogen) atoms. The molecule has 2 atom stereocenters. The summed E-state index contributed by atoms with van der Waals surface area (Å²) < 4.78 is 5.93. The minimum absolute atomic E-state index is 0. The van der Waals surface area contributed by atoms with Crippen LogP contribution in [0, 0.1) is 11.8 Å². The summed E-state index contributed by atoms with van der Waals surface area (Å²) in [5, 5.41) is 11.0. The van der Waals surface area contributed by atoms with Crippen molar-refractivity contribution in [1.29, 1.82) is 0 Å². The van der Waals surface area contributed by atoms with Crippen LogP contribution in [0.1, 0.15) is 62.8 Å². The van der Waals surface area contributed by atoms with Gasteiger partial charge in [0.15, 0.2) is 0 Å². The van der Waals surface area contributed by atoms with Gasteiger partial charge in [-0.1, -0.05) is 19.3 Å². The number of carbonyl (C=O) groups is 1. The second-order valence-electron chi connectivity index (χ2n) is 6.79. The molecule has 0 spiro atoms. The molecule has 0 radical (unpaired) electrons. The van der Waals surface area contributed by atoms with E-state index in [0.717, 1.165) is 24.3 Å². The largest absolute Gasteiger partial charge is 1.00 e. The predicted octanol–water partition coefficient (Wildman–Crippen LogP) is -0.322. The molecule has 2 fully saturated rings. The third-order valence-corrected chi connectivity index (χ3v) is 5.18. The van der Waals surface area contributed by atoms with Gasteiger partial charge in [-0.2, -0.15) is 0 Å². The molecule has 4 nitrogen and oxygen atoms in total. The van der Waals surface area contributed by atoms with Crippen molar-refractivity contribution in [2.24, 2.45) is 11.8 Å². The normalized spacial score (nSPS) is 24.9. The summed E-state index contributed by atoms with van der Waals surface area (Å²) in [6, 6.07) is 2.04. The van der Waals surface area contributed by atoms with Crippen LogP contribution in [0.2, 0.25) is 0 Å². The number of nitrogens with zero attached hydrogens (tertiary/aromatic N) is 1. The minimum atomic E-state index is -0.917. The predicted molar refractivity (Wildman–Crippen MR) is 81.4 cm³/mol. The van der Waals surface area contributed by atoms with Crippen molar-refractivity contribution < 1.29 is 33.5 Å². The van der Waals surface area contributed by atoms with Gasteiger partial charge >= 0.3 is 18.9 Å². The monoisotopic (exact) mass is 309 g/mol. The summed E-state index contributed by atoms with van der Waals surface area (Å²) in [6.45, 7) is 0.775. The van der Waals surface area contributed by atoms with Crippen LogP contribution in [-0.2, 0) is 4.79 Å². The van der Waals surface area contributed by atoms with Gasteiger partial charge in [0.2, 0.25) is 0 Å². The average molecular weight is 309 g/mol. The van der Waals surface area contributed by atoms with Gasteiger partial charge < -0.3 is 14.6 Å². The number of aliphatic carboxylic acids is 1. The first-order valence-electron chi connectivity index (χ1n) is 8.51. The van der Waals surface area contributed by atoms with E-state index in [1.54, 1.807) is 6.20 Å². The zero-order valence-corrected chi connectivity index (χ0v) is 14.0. The van der Waals surface area contributed by atoms with Crippen molar-refractivity contribution in [3.8, 4) is 5.75 Å². The Kier molecular flexibility index (Phi) is 6.99. The first kappa shape index (κ1) is 18.4. The maximum atomic E-state index is 11.0. The molecule has 0 aliphatic heterocycles. The first-order chi connectivity index (χ1) is 10.7. The number of pyridine rings is 1. The number of carboxylic acids is 1. The zero-order chi connectivity index (χ0) is 15.4. The second-order valence-corrected chi connectivity index (χ2v) is 6.79. The number of ether oxygens (including phenoxy) is 1. The quantitative estimate of drug-likeness (QED) is 0.699. The van der Waals surface area contributed by atoms with Crippen molar-refractivity contribution >= 4 is 5.97 Å². The molecular formula is C18H24LiNO3. The van der Waals surface area contributed by atoms with E-state index < -0.39 is 5.97 Å². The third kappa shape index (κ3) is 4.99.